The Hall–Kier alpha value is -1.39. The van der Waals surface area contributed by atoms with Crippen molar-refractivity contribution < 1.29 is 8.42 Å². The van der Waals surface area contributed by atoms with Crippen LogP contribution in [0.15, 0.2) is 47.4 Å². The van der Waals surface area contributed by atoms with Crippen molar-refractivity contribution in [3.63, 3.8) is 0 Å². The Morgan fingerprint density at radius 2 is 1.76 bits per heavy atom. The number of hydrogen-bond acceptors (Lipinski definition) is 2. The topological polar surface area (TPSA) is 37.4 Å². The van der Waals surface area contributed by atoms with Crippen LogP contribution in [0.5, 0.6) is 0 Å². The Labute approximate surface area is 126 Å². The molecule has 4 heteroatoms. The second-order valence-electron chi connectivity index (χ2n) is 6.07. The molecule has 2 atom stereocenters. The molecule has 0 spiro atoms. The summed E-state index contributed by atoms with van der Waals surface area (Å²) in [6, 6.07) is 13.2. The molecule has 0 aliphatic carbocycles. The average molecular weight is 303 g/mol. The van der Waals surface area contributed by atoms with E-state index >= 15 is 0 Å². The third kappa shape index (κ3) is 2.58. The van der Waals surface area contributed by atoms with Gasteiger partial charge in [-0.25, -0.2) is 8.42 Å². The monoisotopic (exact) mass is 303 g/mol. The van der Waals surface area contributed by atoms with Gasteiger partial charge in [0.25, 0.3) is 0 Å². The molecule has 1 aliphatic heterocycles. The van der Waals surface area contributed by atoms with Crippen LogP contribution >= 0.6 is 0 Å². The van der Waals surface area contributed by atoms with Gasteiger partial charge in [-0.2, -0.15) is 4.31 Å². The van der Waals surface area contributed by atoms with E-state index in [9.17, 15) is 8.42 Å². The van der Waals surface area contributed by atoms with Crippen LogP contribution in [0.1, 0.15) is 26.7 Å². The van der Waals surface area contributed by atoms with E-state index in [0.717, 1.165) is 23.6 Å². The zero-order chi connectivity index (χ0) is 15.0. The van der Waals surface area contributed by atoms with Crippen molar-refractivity contribution in [1.82, 2.24) is 4.31 Å². The summed E-state index contributed by atoms with van der Waals surface area (Å²) < 4.78 is 27.8. The average Bonchev–Trinajstić information content (AvgIpc) is 2.46. The predicted octanol–water partition coefficient (Wildman–Crippen LogP) is 3.65. The molecule has 21 heavy (non-hydrogen) atoms. The SMILES string of the molecule is CC1CCN(S(=O)(=O)c2cccc3ccccc23)C(C)C1. The summed E-state index contributed by atoms with van der Waals surface area (Å²) in [6.07, 6.45) is 1.87. The first kappa shape index (κ1) is 14.5. The number of piperidine rings is 1. The first-order chi connectivity index (χ1) is 10.00. The molecule has 2 unspecified atom stereocenters. The van der Waals surface area contributed by atoms with E-state index < -0.39 is 10.0 Å². The second-order valence-corrected chi connectivity index (χ2v) is 7.93. The molecule has 1 aliphatic rings. The highest BCUT2D eigenvalue weighted by molar-refractivity contribution is 7.89. The highest BCUT2D eigenvalue weighted by Gasteiger charge is 2.33. The van der Waals surface area contributed by atoms with Gasteiger partial charge in [0.15, 0.2) is 0 Å². The number of fused-ring (bicyclic) bond motifs is 1. The largest absolute Gasteiger partial charge is 0.243 e. The van der Waals surface area contributed by atoms with Crippen LogP contribution in [0.25, 0.3) is 10.8 Å². The number of benzene rings is 2. The molecule has 3 nitrogen and oxygen atoms in total. The normalized spacial score (nSPS) is 24.3. The van der Waals surface area contributed by atoms with Crippen LogP contribution in [0.2, 0.25) is 0 Å². The van der Waals surface area contributed by atoms with E-state index in [1.54, 1.807) is 10.4 Å². The smallest absolute Gasteiger partial charge is 0.207 e. The van der Waals surface area contributed by atoms with Gasteiger partial charge in [0, 0.05) is 18.0 Å². The molecule has 2 aromatic carbocycles. The minimum atomic E-state index is -3.43. The third-order valence-corrected chi connectivity index (χ3v) is 6.49. The first-order valence-electron chi connectivity index (χ1n) is 7.50. The van der Waals surface area contributed by atoms with Crippen LogP contribution in [-0.2, 0) is 10.0 Å². The molecular formula is C17H21NO2S. The summed E-state index contributed by atoms with van der Waals surface area (Å²) in [6.45, 7) is 4.82. The van der Waals surface area contributed by atoms with Gasteiger partial charge in [-0.3, -0.25) is 0 Å². The Morgan fingerprint density at radius 3 is 2.52 bits per heavy atom. The summed E-state index contributed by atoms with van der Waals surface area (Å²) in [5, 5.41) is 1.78. The van der Waals surface area contributed by atoms with Crippen molar-refractivity contribution in [2.45, 2.75) is 37.6 Å². The minimum Gasteiger partial charge on any atom is -0.207 e. The van der Waals surface area contributed by atoms with Crippen molar-refractivity contribution in [1.29, 1.82) is 0 Å². The summed E-state index contributed by atoms with van der Waals surface area (Å²) >= 11 is 0. The molecular weight excluding hydrogens is 282 g/mol. The maximum Gasteiger partial charge on any atom is 0.243 e. The number of sulfonamides is 1. The van der Waals surface area contributed by atoms with Crippen LogP contribution < -0.4 is 0 Å². The third-order valence-electron chi connectivity index (χ3n) is 4.41. The molecule has 0 amide bonds. The van der Waals surface area contributed by atoms with Crippen molar-refractivity contribution in [3.05, 3.63) is 42.5 Å². The molecule has 0 saturated carbocycles. The lowest BCUT2D eigenvalue weighted by Crippen LogP contribution is -2.44. The maximum atomic E-state index is 13.0. The summed E-state index contributed by atoms with van der Waals surface area (Å²) in [5.74, 6) is 0.596. The van der Waals surface area contributed by atoms with E-state index in [1.165, 1.54) is 0 Å². The number of nitrogens with zero attached hydrogens (tertiary/aromatic N) is 1. The molecule has 0 bridgehead atoms. The fraction of sp³-hybridized carbons (Fsp3) is 0.412. The molecule has 2 aromatic rings. The van der Waals surface area contributed by atoms with Gasteiger partial charge in [0.1, 0.15) is 0 Å². The zero-order valence-corrected chi connectivity index (χ0v) is 13.3. The van der Waals surface area contributed by atoms with Crippen molar-refractivity contribution in [2.24, 2.45) is 5.92 Å². The highest BCUT2D eigenvalue weighted by atomic mass is 32.2. The molecule has 1 heterocycles. The van der Waals surface area contributed by atoms with Gasteiger partial charge in [-0.05, 0) is 37.1 Å². The number of rotatable bonds is 2. The van der Waals surface area contributed by atoms with E-state index in [0.29, 0.717) is 17.4 Å². The van der Waals surface area contributed by atoms with Gasteiger partial charge < -0.3 is 0 Å². The standard InChI is InChI=1S/C17H21NO2S/c1-13-10-11-18(14(2)12-13)21(19,20)17-9-5-7-15-6-3-4-8-16(15)17/h3-9,13-14H,10-12H2,1-2H3. The van der Waals surface area contributed by atoms with Gasteiger partial charge in [-0.1, -0.05) is 43.3 Å². The van der Waals surface area contributed by atoms with E-state index in [-0.39, 0.29) is 6.04 Å². The van der Waals surface area contributed by atoms with Crippen molar-refractivity contribution in [3.8, 4) is 0 Å². The van der Waals surface area contributed by atoms with Gasteiger partial charge >= 0.3 is 0 Å². The minimum absolute atomic E-state index is 0.0673. The van der Waals surface area contributed by atoms with Gasteiger partial charge in [-0.15, -0.1) is 0 Å². The number of hydrogen-bond donors (Lipinski definition) is 0. The van der Waals surface area contributed by atoms with Crippen molar-refractivity contribution >= 4 is 20.8 Å². The Balaban J connectivity index is 2.09. The van der Waals surface area contributed by atoms with E-state index in [4.69, 9.17) is 0 Å². The molecule has 1 saturated heterocycles. The lowest BCUT2D eigenvalue weighted by Gasteiger charge is -2.35. The first-order valence-corrected chi connectivity index (χ1v) is 8.94. The lowest BCUT2D eigenvalue weighted by atomic mass is 9.95. The molecule has 0 aromatic heterocycles. The van der Waals surface area contributed by atoms with E-state index in [1.807, 2.05) is 43.3 Å². The predicted molar refractivity (Wildman–Crippen MR) is 85.7 cm³/mol. The van der Waals surface area contributed by atoms with Crippen LogP contribution in [0.3, 0.4) is 0 Å². The molecule has 1 fully saturated rings. The quantitative estimate of drug-likeness (QED) is 0.849. The van der Waals surface area contributed by atoms with Crippen molar-refractivity contribution in [2.75, 3.05) is 6.54 Å². The van der Waals surface area contributed by atoms with Gasteiger partial charge in [0.05, 0.1) is 4.90 Å². The van der Waals surface area contributed by atoms with E-state index in [2.05, 4.69) is 6.92 Å². The fourth-order valence-electron chi connectivity index (χ4n) is 3.29. The zero-order valence-electron chi connectivity index (χ0n) is 12.5. The second kappa shape index (κ2) is 5.43. The summed E-state index contributed by atoms with van der Waals surface area (Å²) in [7, 11) is -3.43. The van der Waals surface area contributed by atoms with Crippen LogP contribution in [-0.4, -0.2) is 25.3 Å². The van der Waals surface area contributed by atoms with Gasteiger partial charge in [0.2, 0.25) is 10.0 Å². The summed E-state index contributed by atoms with van der Waals surface area (Å²) in [5.41, 5.74) is 0. The Morgan fingerprint density at radius 1 is 1.05 bits per heavy atom. The molecule has 112 valence electrons. The molecule has 0 N–H and O–H groups in total. The Bertz CT molecular complexity index is 749. The summed E-state index contributed by atoms with van der Waals surface area (Å²) in [4.78, 5) is 0.432. The Kier molecular flexibility index (Phi) is 3.76. The molecule has 0 radical (unpaired) electrons. The van der Waals surface area contributed by atoms with Crippen LogP contribution in [0, 0.1) is 5.92 Å². The maximum absolute atomic E-state index is 13.0. The highest BCUT2D eigenvalue weighted by Crippen LogP contribution is 2.31. The lowest BCUT2D eigenvalue weighted by molar-refractivity contribution is 0.220. The van der Waals surface area contributed by atoms with Crippen LogP contribution in [0.4, 0.5) is 0 Å². The molecule has 3 rings (SSSR count). The fourth-order valence-corrected chi connectivity index (χ4v) is 5.16.